The molecule has 1 heterocycles. The summed E-state index contributed by atoms with van der Waals surface area (Å²) in [6, 6.07) is 12.9. The third-order valence-corrected chi connectivity index (χ3v) is 3.40. The number of halogens is 1. The van der Waals surface area contributed by atoms with Crippen LogP contribution in [0, 0.1) is 0 Å². The Morgan fingerprint density at radius 3 is 2.74 bits per heavy atom. The molecule has 0 fully saturated rings. The third-order valence-electron chi connectivity index (χ3n) is 3.40. The number of nitrogens with zero attached hydrogens (tertiary/aromatic N) is 1. The van der Waals surface area contributed by atoms with E-state index in [1.165, 1.54) is 0 Å². The maximum absolute atomic E-state index is 12.2. The van der Waals surface area contributed by atoms with Crippen molar-refractivity contribution in [2.75, 3.05) is 25.6 Å². The molecule has 2 N–H and O–H groups in total. The summed E-state index contributed by atoms with van der Waals surface area (Å²) >= 11 is 0. The minimum atomic E-state index is -1.12. The van der Waals surface area contributed by atoms with Gasteiger partial charge in [0.2, 0.25) is 5.89 Å². The van der Waals surface area contributed by atoms with Gasteiger partial charge < -0.3 is 19.6 Å². The predicted molar refractivity (Wildman–Crippen MR) is 86.5 cm³/mol. The van der Waals surface area contributed by atoms with E-state index in [1.54, 1.807) is 18.2 Å². The number of nitrogens with one attached hydrogen (secondary N) is 1. The summed E-state index contributed by atoms with van der Waals surface area (Å²) < 4.78 is 23.3. The van der Waals surface area contributed by atoms with Crippen LogP contribution in [0.25, 0.3) is 22.6 Å². The van der Waals surface area contributed by atoms with Gasteiger partial charge in [-0.3, -0.25) is 0 Å². The zero-order chi connectivity index (χ0) is 16.2. The Kier molecular flexibility index (Phi) is 4.43. The van der Waals surface area contributed by atoms with Crippen LogP contribution in [-0.2, 0) is 0 Å². The first kappa shape index (κ1) is 15.3. The van der Waals surface area contributed by atoms with Gasteiger partial charge in [-0.2, -0.15) is 0 Å². The molecular weight excluding hydrogens is 299 g/mol. The van der Waals surface area contributed by atoms with Crippen molar-refractivity contribution in [3.63, 3.8) is 0 Å². The van der Waals surface area contributed by atoms with Crippen LogP contribution in [0.15, 0.2) is 46.9 Å². The second kappa shape index (κ2) is 6.66. The van der Waals surface area contributed by atoms with E-state index in [4.69, 9.17) is 9.15 Å². The number of hydrogen-bond acceptors (Lipinski definition) is 5. The van der Waals surface area contributed by atoms with Crippen molar-refractivity contribution < 1.29 is 18.7 Å². The van der Waals surface area contributed by atoms with Crippen molar-refractivity contribution in [2.45, 2.75) is 6.10 Å². The van der Waals surface area contributed by atoms with Gasteiger partial charge >= 0.3 is 0 Å². The molecule has 0 aliphatic carbocycles. The molecular formula is C17H17FN2O3. The molecule has 0 saturated heterocycles. The van der Waals surface area contributed by atoms with E-state index < -0.39 is 12.8 Å². The molecule has 1 atom stereocenters. The first-order valence-corrected chi connectivity index (χ1v) is 7.25. The zero-order valence-corrected chi connectivity index (χ0v) is 12.6. The van der Waals surface area contributed by atoms with E-state index in [0.29, 0.717) is 22.7 Å². The number of aliphatic hydroxyl groups excluding tert-OH is 1. The highest BCUT2D eigenvalue weighted by Crippen LogP contribution is 2.27. The SMILES string of the molecule is CNc1ccc(-c2nc3cc(OC[C@@H](O)CF)ccc3o2)cc1. The van der Waals surface area contributed by atoms with Gasteiger partial charge in [0, 0.05) is 24.4 Å². The molecule has 120 valence electrons. The fourth-order valence-electron chi connectivity index (χ4n) is 2.14. The van der Waals surface area contributed by atoms with E-state index in [2.05, 4.69) is 10.3 Å². The smallest absolute Gasteiger partial charge is 0.227 e. The Balaban J connectivity index is 1.83. The van der Waals surface area contributed by atoms with Gasteiger partial charge in [-0.15, -0.1) is 0 Å². The number of ether oxygens (including phenoxy) is 1. The third kappa shape index (κ3) is 3.43. The van der Waals surface area contributed by atoms with Crippen LogP contribution in [0.2, 0.25) is 0 Å². The molecule has 0 amide bonds. The van der Waals surface area contributed by atoms with Gasteiger partial charge in [0.05, 0.1) is 0 Å². The Labute approximate surface area is 132 Å². The summed E-state index contributed by atoms with van der Waals surface area (Å²) in [7, 11) is 1.86. The molecule has 1 aromatic heterocycles. The van der Waals surface area contributed by atoms with E-state index in [1.807, 2.05) is 31.3 Å². The second-order valence-corrected chi connectivity index (χ2v) is 5.10. The van der Waals surface area contributed by atoms with Gasteiger partial charge in [0.15, 0.2) is 5.58 Å². The summed E-state index contributed by atoms with van der Waals surface area (Å²) in [5.41, 5.74) is 3.16. The summed E-state index contributed by atoms with van der Waals surface area (Å²) in [6.07, 6.45) is -1.12. The number of hydrogen-bond donors (Lipinski definition) is 2. The van der Waals surface area contributed by atoms with Crippen LogP contribution in [0.5, 0.6) is 5.75 Å². The molecule has 3 aromatic rings. The van der Waals surface area contributed by atoms with Crippen LogP contribution < -0.4 is 10.1 Å². The van der Waals surface area contributed by atoms with Crippen molar-refractivity contribution >= 4 is 16.8 Å². The summed E-state index contributed by atoms with van der Waals surface area (Å²) in [6.45, 7) is -0.933. The van der Waals surface area contributed by atoms with E-state index in [-0.39, 0.29) is 6.61 Å². The number of anilines is 1. The van der Waals surface area contributed by atoms with Crippen LogP contribution >= 0.6 is 0 Å². The maximum atomic E-state index is 12.2. The van der Waals surface area contributed by atoms with Crippen LogP contribution in [0.1, 0.15) is 0 Å². The topological polar surface area (TPSA) is 67.5 Å². The number of aliphatic hydroxyl groups is 1. The lowest BCUT2D eigenvalue weighted by atomic mass is 10.2. The molecule has 2 aromatic carbocycles. The quantitative estimate of drug-likeness (QED) is 0.731. The highest BCUT2D eigenvalue weighted by Gasteiger charge is 2.10. The molecule has 3 rings (SSSR count). The molecule has 0 spiro atoms. The maximum Gasteiger partial charge on any atom is 0.227 e. The van der Waals surface area contributed by atoms with Gasteiger partial charge in [-0.1, -0.05) is 0 Å². The van der Waals surface area contributed by atoms with Crippen LogP contribution in [0.3, 0.4) is 0 Å². The summed E-state index contributed by atoms with van der Waals surface area (Å²) in [4.78, 5) is 4.44. The van der Waals surface area contributed by atoms with Crippen LogP contribution in [-0.4, -0.2) is 36.5 Å². The molecule has 0 aliphatic rings. The highest BCUT2D eigenvalue weighted by molar-refractivity contribution is 5.78. The largest absolute Gasteiger partial charge is 0.491 e. The molecule has 0 aliphatic heterocycles. The van der Waals surface area contributed by atoms with Crippen molar-refractivity contribution in [1.82, 2.24) is 4.98 Å². The number of benzene rings is 2. The number of rotatable bonds is 6. The van der Waals surface area contributed by atoms with Gasteiger partial charge in [0.1, 0.15) is 30.7 Å². The molecule has 23 heavy (non-hydrogen) atoms. The standard InChI is InChI=1S/C17H17FN2O3/c1-19-12-4-2-11(3-5-12)17-20-15-8-14(6-7-16(15)23-17)22-10-13(21)9-18/h2-8,13,19,21H,9-10H2,1H3/t13-/m0/s1. The van der Waals surface area contributed by atoms with Crippen molar-refractivity contribution in [2.24, 2.45) is 0 Å². The van der Waals surface area contributed by atoms with E-state index in [0.717, 1.165) is 11.3 Å². The zero-order valence-electron chi connectivity index (χ0n) is 12.6. The highest BCUT2D eigenvalue weighted by atomic mass is 19.1. The number of oxazole rings is 1. The fraction of sp³-hybridized carbons (Fsp3) is 0.235. The van der Waals surface area contributed by atoms with Gasteiger partial charge in [-0.05, 0) is 36.4 Å². The molecule has 0 bridgehead atoms. The molecule has 5 nitrogen and oxygen atoms in total. The second-order valence-electron chi connectivity index (χ2n) is 5.10. The fourth-order valence-corrected chi connectivity index (χ4v) is 2.14. The average molecular weight is 316 g/mol. The Morgan fingerprint density at radius 2 is 2.04 bits per heavy atom. The first-order valence-electron chi connectivity index (χ1n) is 7.25. The number of alkyl halides is 1. The Bertz CT molecular complexity index is 786. The molecule has 0 saturated carbocycles. The Morgan fingerprint density at radius 1 is 1.26 bits per heavy atom. The lowest BCUT2D eigenvalue weighted by Gasteiger charge is -2.08. The molecule has 6 heteroatoms. The minimum Gasteiger partial charge on any atom is -0.491 e. The number of aromatic nitrogens is 1. The van der Waals surface area contributed by atoms with E-state index in [9.17, 15) is 9.50 Å². The van der Waals surface area contributed by atoms with Gasteiger partial charge in [-0.25, -0.2) is 9.37 Å². The van der Waals surface area contributed by atoms with Crippen molar-refractivity contribution in [3.05, 3.63) is 42.5 Å². The normalized spacial score (nSPS) is 12.3. The lowest BCUT2D eigenvalue weighted by Crippen LogP contribution is -2.19. The van der Waals surface area contributed by atoms with E-state index >= 15 is 0 Å². The van der Waals surface area contributed by atoms with Gasteiger partial charge in [0.25, 0.3) is 0 Å². The van der Waals surface area contributed by atoms with Crippen molar-refractivity contribution in [1.29, 1.82) is 0 Å². The summed E-state index contributed by atoms with van der Waals surface area (Å²) in [5, 5.41) is 12.2. The number of fused-ring (bicyclic) bond motifs is 1. The predicted octanol–water partition coefficient (Wildman–Crippen LogP) is 3.25. The molecule has 0 radical (unpaired) electrons. The lowest BCUT2D eigenvalue weighted by molar-refractivity contribution is 0.0842. The molecule has 0 unspecified atom stereocenters. The average Bonchev–Trinajstić information content (AvgIpc) is 3.03. The van der Waals surface area contributed by atoms with Crippen molar-refractivity contribution in [3.8, 4) is 17.2 Å². The minimum absolute atomic E-state index is 0.0990. The Hall–Kier alpha value is -2.60. The van der Waals surface area contributed by atoms with Crippen LogP contribution in [0.4, 0.5) is 10.1 Å². The first-order chi connectivity index (χ1) is 11.2. The monoisotopic (exact) mass is 316 g/mol. The summed E-state index contributed by atoms with van der Waals surface area (Å²) in [5.74, 6) is 1.03.